The van der Waals surface area contributed by atoms with Crippen molar-refractivity contribution in [2.24, 2.45) is 5.92 Å². The summed E-state index contributed by atoms with van der Waals surface area (Å²) in [6.07, 6.45) is 0.781. The van der Waals surface area contributed by atoms with Crippen LogP contribution in [0, 0.1) is 5.92 Å². The number of hydrogen-bond acceptors (Lipinski definition) is 5. The predicted octanol–water partition coefficient (Wildman–Crippen LogP) is 1.71. The lowest BCUT2D eigenvalue weighted by molar-refractivity contribution is 0.118. The van der Waals surface area contributed by atoms with Crippen molar-refractivity contribution in [2.75, 3.05) is 30.8 Å². The standard InChI is InChI=1S/C12H22N4O/c1-4-11-15-10(13)7-12(16-11)14-5-6-17-8-9(2)3/h7,9H,4-6,8H2,1-3H3,(H3,13,14,15,16). The topological polar surface area (TPSA) is 73.1 Å². The largest absolute Gasteiger partial charge is 0.384 e. The van der Waals surface area contributed by atoms with Crippen molar-refractivity contribution in [1.82, 2.24) is 9.97 Å². The minimum atomic E-state index is 0.502. The lowest BCUT2D eigenvalue weighted by atomic mass is 10.2. The molecule has 1 heterocycles. The number of rotatable bonds is 7. The van der Waals surface area contributed by atoms with Crippen molar-refractivity contribution >= 4 is 11.6 Å². The summed E-state index contributed by atoms with van der Waals surface area (Å²) in [5.41, 5.74) is 5.68. The van der Waals surface area contributed by atoms with Crippen LogP contribution in [0.15, 0.2) is 6.07 Å². The van der Waals surface area contributed by atoms with Crippen LogP contribution in [0.1, 0.15) is 26.6 Å². The lowest BCUT2D eigenvalue weighted by Gasteiger charge is -2.09. The van der Waals surface area contributed by atoms with Gasteiger partial charge in [0.05, 0.1) is 6.61 Å². The Hall–Kier alpha value is -1.36. The number of nitrogens with two attached hydrogens (primary N) is 1. The number of nitrogens with zero attached hydrogens (tertiary/aromatic N) is 2. The molecule has 5 nitrogen and oxygen atoms in total. The minimum absolute atomic E-state index is 0.502. The van der Waals surface area contributed by atoms with Crippen LogP contribution in [-0.2, 0) is 11.2 Å². The van der Waals surface area contributed by atoms with E-state index in [9.17, 15) is 0 Å². The van der Waals surface area contributed by atoms with Crippen LogP contribution in [0.4, 0.5) is 11.6 Å². The molecule has 5 heteroatoms. The molecule has 1 aromatic heterocycles. The Balaban J connectivity index is 2.33. The van der Waals surface area contributed by atoms with Gasteiger partial charge in [-0.1, -0.05) is 20.8 Å². The molecule has 0 saturated heterocycles. The second kappa shape index (κ2) is 7.06. The zero-order chi connectivity index (χ0) is 12.7. The first-order chi connectivity index (χ1) is 8.11. The van der Waals surface area contributed by atoms with Crippen molar-refractivity contribution in [3.63, 3.8) is 0 Å². The molecule has 0 aliphatic carbocycles. The van der Waals surface area contributed by atoms with E-state index in [1.165, 1.54) is 0 Å². The summed E-state index contributed by atoms with van der Waals surface area (Å²) >= 11 is 0. The SMILES string of the molecule is CCc1nc(N)cc(NCCOCC(C)C)n1. The maximum atomic E-state index is 5.68. The Morgan fingerprint density at radius 3 is 2.82 bits per heavy atom. The molecule has 0 aromatic carbocycles. The smallest absolute Gasteiger partial charge is 0.132 e. The van der Waals surface area contributed by atoms with Gasteiger partial charge >= 0.3 is 0 Å². The molecule has 0 aliphatic heterocycles. The molecule has 1 rings (SSSR count). The van der Waals surface area contributed by atoms with Crippen LogP contribution < -0.4 is 11.1 Å². The first-order valence-corrected chi connectivity index (χ1v) is 6.06. The normalized spacial score (nSPS) is 10.8. The van der Waals surface area contributed by atoms with Crippen molar-refractivity contribution in [3.05, 3.63) is 11.9 Å². The van der Waals surface area contributed by atoms with E-state index in [4.69, 9.17) is 10.5 Å². The zero-order valence-corrected chi connectivity index (χ0v) is 10.9. The molecule has 0 radical (unpaired) electrons. The van der Waals surface area contributed by atoms with Gasteiger partial charge in [-0.2, -0.15) is 0 Å². The van der Waals surface area contributed by atoms with Gasteiger partial charge in [-0.25, -0.2) is 9.97 Å². The molecule has 0 atom stereocenters. The van der Waals surface area contributed by atoms with Gasteiger partial charge in [0.15, 0.2) is 0 Å². The summed E-state index contributed by atoms with van der Waals surface area (Å²) in [6.45, 7) is 8.45. The molecule has 0 unspecified atom stereocenters. The van der Waals surface area contributed by atoms with E-state index in [-0.39, 0.29) is 0 Å². The first-order valence-electron chi connectivity index (χ1n) is 6.06. The summed E-state index contributed by atoms with van der Waals surface area (Å²) < 4.78 is 5.47. The number of nitrogen functional groups attached to an aromatic ring is 1. The van der Waals surface area contributed by atoms with Crippen LogP contribution in [0.3, 0.4) is 0 Å². The van der Waals surface area contributed by atoms with Gasteiger partial charge in [0, 0.05) is 25.6 Å². The van der Waals surface area contributed by atoms with E-state index in [1.807, 2.05) is 6.92 Å². The van der Waals surface area contributed by atoms with Gasteiger partial charge < -0.3 is 15.8 Å². The third kappa shape index (κ3) is 5.49. The number of aromatic nitrogens is 2. The number of nitrogens with one attached hydrogen (secondary N) is 1. The summed E-state index contributed by atoms with van der Waals surface area (Å²) in [5, 5.41) is 3.18. The van der Waals surface area contributed by atoms with E-state index < -0.39 is 0 Å². The molecule has 17 heavy (non-hydrogen) atoms. The maximum Gasteiger partial charge on any atom is 0.132 e. The average molecular weight is 238 g/mol. The fourth-order valence-corrected chi connectivity index (χ4v) is 1.34. The van der Waals surface area contributed by atoms with Crippen molar-refractivity contribution in [1.29, 1.82) is 0 Å². The Bertz CT molecular complexity index is 341. The van der Waals surface area contributed by atoms with Crippen LogP contribution in [0.25, 0.3) is 0 Å². The molecule has 0 bridgehead atoms. The molecule has 1 aromatic rings. The lowest BCUT2D eigenvalue weighted by Crippen LogP contribution is -2.13. The Labute approximate surface area is 103 Å². The molecule has 0 saturated carbocycles. The van der Waals surface area contributed by atoms with Crippen LogP contribution >= 0.6 is 0 Å². The molecule has 96 valence electrons. The van der Waals surface area contributed by atoms with Crippen LogP contribution in [-0.4, -0.2) is 29.7 Å². The van der Waals surface area contributed by atoms with Gasteiger partial charge in [0.2, 0.25) is 0 Å². The molecule has 0 fully saturated rings. The Morgan fingerprint density at radius 2 is 2.18 bits per heavy atom. The quantitative estimate of drug-likeness (QED) is 0.707. The highest BCUT2D eigenvalue weighted by molar-refractivity contribution is 5.44. The predicted molar refractivity (Wildman–Crippen MR) is 70.0 cm³/mol. The highest BCUT2D eigenvalue weighted by atomic mass is 16.5. The fraction of sp³-hybridized carbons (Fsp3) is 0.667. The number of ether oxygens (including phenoxy) is 1. The van der Waals surface area contributed by atoms with Gasteiger partial charge in [-0.05, 0) is 5.92 Å². The Morgan fingerprint density at radius 1 is 1.41 bits per heavy atom. The van der Waals surface area contributed by atoms with Gasteiger partial charge in [0.25, 0.3) is 0 Å². The minimum Gasteiger partial charge on any atom is -0.384 e. The Kier molecular flexibility index (Phi) is 5.69. The number of aryl methyl sites for hydroxylation is 1. The molecule has 0 amide bonds. The molecular formula is C12H22N4O. The van der Waals surface area contributed by atoms with Crippen molar-refractivity contribution in [3.8, 4) is 0 Å². The van der Waals surface area contributed by atoms with Gasteiger partial charge in [-0.15, -0.1) is 0 Å². The molecular weight excluding hydrogens is 216 g/mol. The third-order valence-corrected chi connectivity index (χ3v) is 2.11. The third-order valence-electron chi connectivity index (χ3n) is 2.11. The van der Waals surface area contributed by atoms with Crippen LogP contribution in [0.5, 0.6) is 0 Å². The van der Waals surface area contributed by atoms with Gasteiger partial charge in [0.1, 0.15) is 17.5 Å². The second-order valence-corrected chi connectivity index (χ2v) is 4.34. The van der Waals surface area contributed by atoms with E-state index in [0.29, 0.717) is 18.3 Å². The number of hydrogen-bond donors (Lipinski definition) is 2. The fourth-order valence-electron chi connectivity index (χ4n) is 1.34. The molecule has 0 aliphatic rings. The van der Waals surface area contributed by atoms with E-state index >= 15 is 0 Å². The summed E-state index contributed by atoms with van der Waals surface area (Å²) in [7, 11) is 0. The summed E-state index contributed by atoms with van der Waals surface area (Å²) in [6, 6.07) is 1.74. The highest BCUT2D eigenvalue weighted by Gasteiger charge is 2.00. The molecule has 3 N–H and O–H groups in total. The highest BCUT2D eigenvalue weighted by Crippen LogP contribution is 2.08. The van der Waals surface area contributed by atoms with E-state index in [2.05, 4.69) is 29.1 Å². The summed E-state index contributed by atoms with van der Waals surface area (Å²) in [4.78, 5) is 8.44. The van der Waals surface area contributed by atoms with E-state index in [0.717, 1.165) is 31.2 Å². The summed E-state index contributed by atoms with van der Waals surface area (Å²) in [5.74, 6) is 2.59. The zero-order valence-electron chi connectivity index (χ0n) is 10.9. The maximum absolute atomic E-state index is 5.68. The van der Waals surface area contributed by atoms with Gasteiger partial charge in [-0.3, -0.25) is 0 Å². The second-order valence-electron chi connectivity index (χ2n) is 4.34. The monoisotopic (exact) mass is 238 g/mol. The van der Waals surface area contributed by atoms with Crippen LogP contribution in [0.2, 0.25) is 0 Å². The number of anilines is 2. The molecule has 0 spiro atoms. The van der Waals surface area contributed by atoms with E-state index in [1.54, 1.807) is 6.07 Å². The average Bonchev–Trinajstić information content (AvgIpc) is 2.27. The first kappa shape index (κ1) is 13.7. The van der Waals surface area contributed by atoms with Crippen molar-refractivity contribution < 1.29 is 4.74 Å². The van der Waals surface area contributed by atoms with Crippen molar-refractivity contribution in [2.45, 2.75) is 27.2 Å².